The van der Waals surface area contributed by atoms with Crippen molar-refractivity contribution < 1.29 is 9.50 Å². The number of rotatable bonds is 1. The van der Waals surface area contributed by atoms with Gasteiger partial charge in [0.1, 0.15) is 5.82 Å². The summed E-state index contributed by atoms with van der Waals surface area (Å²) in [6.07, 6.45) is 1.67. The molecule has 1 aromatic rings. The summed E-state index contributed by atoms with van der Waals surface area (Å²) in [5.41, 5.74) is 5.19. The second-order valence-corrected chi connectivity index (χ2v) is 4.81. The molecule has 0 saturated heterocycles. The zero-order valence-corrected chi connectivity index (χ0v) is 8.83. The molecular formula is C12H16FNO. The predicted octanol–water partition coefficient (Wildman–Crippen LogP) is 1.91. The van der Waals surface area contributed by atoms with E-state index >= 15 is 0 Å². The van der Waals surface area contributed by atoms with E-state index in [1.54, 1.807) is 25.1 Å². The van der Waals surface area contributed by atoms with Crippen molar-refractivity contribution in [1.29, 1.82) is 0 Å². The van der Waals surface area contributed by atoms with Gasteiger partial charge in [0.05, 0.1) is 5.60 Å². The Morgan fingerprint density at radius 1 is 1.33 bits per heavy atom. The molecule has 1 saturated carbocycles. The minimum atomic E-state index is -0.767. The third-order valence-corrected chi connectivity index (χ3v) is 3.22. The number of hydrogen-bond donors (Lipinski definition) is 2. The highest BCUT2D eigenvalue weighted by molar-refractivity contribution is 5.28. The molecule has 0 heterocycles. The topological polar surface area (TPSA) is 46.2 Å². The molecule has 0 bridgehead atoms. The monoisotopic (exact) mass is 209 g/mol. The third-order valence-electron chi connectivity index (χ3n) is 3.22. The lowest BCUT2D eigenvalue weighted by atomic mass is 9.87. The van der Waals surface area contributed by atoms with E-state index in [2.05, 4.69) is 0 Å². The van der Waals surface area contributed by atoms with Gasteiger partial charge in [0, 0.05) is 11.1 Å². The van der Waals surface area contributed by atoms with Gasteiger partial charge in [-0.1, -0.05) is 18.2 Å². The van der Waals surface area contributed by atoms with Crippen LogP contribution in [-0.2, 0) is 5.54 Å². The summed E-state index contributed by atoms with van der Waals surface area (Å²) in [6.45, 7) is 1.75. The lowest BCUT2D eigenvalue weighted by Gasteiger charge is -2.26. The molecule has 0 spiro atoms. The number of benzene rings is 1. The largest absolute Gasteiger partial charge is 0.390 e. The first-order valence-electron chi connectivity index (χ1n) is 5.19. The van der Waals surface area contributed by atoms with Gasteiger partial charge in [0.25, 0.3) is 0 Å². The number of aliphatic hydroxyl groups is 1. The normalized spacial score (nSPS) is 35.7. The summed E-state index contributed by atoms with van der Waals surface area (Å²) >= 11 is 0. The van der Waals surface area contributed by atoms with Gasteiger partial charge in [-0.3, -0.25) is 0 Å². The summed E-state index contributed by atoms with van der Waals surface area (Å²) in [7, 11) is 0. The average Bonchev–Trinajstić information content (AvgIpc) is 2.42. The summed E-state index contributed by atoms with van der Waals surface area (Å²) in [5, 5.41) is 9.88. The summed E-state index contributed by atoms with van der Waals surface area (Å²) in [6, 6.07) is 6.54. The Balaban J connectivity index is 2.36. The van der Waals surface area contributed by atoms with E-state index in [9.17, 15) is 9.50 Å². The van der Waals surface area contributed by atoms with Crippen LogP contribution in [-0.4, -0.2) is 10.7 Å². The van der Waals surface area contributed by atoms with Crippen LogP contribution < -0.4 is 5.73 Å². The lowest BCUT2D eigenvalue weighted by Crippen LogP contribution is -2.37. The Bertz CT molecular complexity index is 378. The van der Waals surface area contributed by atoms with Gasteiger partial charge in [0.2, 0.25) is 0 Å². The molecule has 2 unspecified atom stereocenters. The Hall–Kier alpha value is -0.930. The summed E-state index contributed by atoms with van der Waals surface area (Å²) < 4.78 is 13.6. The fourth-order valence-electron chi connectivity index (χ4n) is 2.44. The molecule has 82 valence electrons. The van der Waals surface area contributed by atoms with Crippen LogP contribution in [0.2, 0.25) is 0 Å². The van der Waals surface area contributed by atoms with Gasteiger partial charge in [-0.25, -0.2) is 4.39 Å². The maximum atomic E-state index is 13.6. The van der Waals surface area contributed by atoms with Gasteiger partial charge in [-0.05, 0) is 32.3 Å². The van der Waals surface area contributed by atoms with Gasteiger partial charge in [-0.2, -0.15) is 0 Å². The molecular weight excluding hydrogens is 193 g/mol. The average molecular weight is 209 g/mol. The van der Waals surface area contributed by atoms with E-state index in [0.717, 1.165) is 0 Å². The van der Waals surface area contributed by atoms with Crippen LogP contribution in [0, 0.1) is 5.82 Å². The van der Waals surface area contributed by atoms with Crippen LogP contribution in [0.3, 0.4) is 0 Å². The third kappa shape index (κ3) is 1.90. The molecule has 0 aromatic heterocycles. The predicted molar refractivity (Wildman–Crippen MR) is 56.7 cm³/mol. The smallest absolute Gasteiger partial charge is 0.128 e. The first-order valence-corrected chi connectivity index (χ1v) is 5.19. The Morgan fingerprint density at radius 2 is 2.00 bits per heavy atom. The van der Waals surface area contributed by atoms with Crippen LogP contribution in [0.4, 0.5) is 4.39 Å². The van der Waals surface area contributed by atoms with Gasteiger partial charge < -0.3 is 10.8 Å². The Kier molecular flexibility index (Phi) is 2.32. The second-order valence-electron chi connectivity index (χ2n) is 4.81. The van der Waals surface area contributed by atoms with E-state index in [-0.39, 0.29) is 5.82 Å². The van der Waals surface area contributed by atoms with Crippen molar-refractivity contribution in [3.05, 3.63) is 35.6 Å². The van der Waals surface area contributed by atoms with Crippen LogP contribution in [0.15, 0.2) is 24.3 Å². The molecule has 15 heavy (non-hydrogen) atoms. The maximum Gasteiger partial charge on any atom is 0.128 e. The number of nitrogens with two attached hydrogens (primary N) is 1. The molecule has 1 aliphatic carbocycles. The first-order chi connectivity index (χ1) is 6.93. The number of hydrogen-bond acceptors (Lipinski definition) is 2. The zero-order valence-electron chi connectivity index (χ0n) is 8.83. The van der Waals surface area contributed by atoms with Crippen LogP contribution in [0.25, 0.3) is 0 Å². The minimum absolute atomic E-state index is 0.280. The lowest BCUT2D eigenvalue weighted by molar-refractivity contribution is 0.0609. The van der Waals surface area contributed by atoms with Crippen LogP contribution in [0.5, 0.6) is 0 Å². The van der Waals surface area contributed by atoms with Crippen molar-refractivity contribution in [1.82, 2.24) is 0 Å². The Labute approximate surface area is 88.9 Å². The molecule has 1 aliphatic rings. The highest BCUT2D eigenvalue weighted by Crippen LogP contribution is 2.42. The van der Waals surface area contributed by atoms with Gasteiger partial charge in [-0.15, -0.1) is 0 Å². The molecule has 2 rings (SSSR count). The van der Waals surface area contributed by atoms with Gasteiger partial charge >= 0.3 is 0 Å². The van der Waals surface area contributed by atoms with Gasteiger partial charge in [0.15, 0.2) is 0 Å². The summed E-state index contributed by atoms with van der Waals surface area (Å²) in [4.78, 5) is 0. The van der Waals surface area contributed by atoms with Crippen molar-refractivity contribution in [3.8, 4) is 0 Å². The van der Waals surface area contributed by atoms with E-state index in [1.165, 1.54) is 6.07 Å². The van der Waals surface area contributed by atoms with E-state index in [0.29, 0.717) is 24.8 Å². The van der Waals surface area contributed by atoms with Crippen molar-refractivity contribution in [3.63, 3.8) is 0 Å². The molecule has 3 heteroatoms. The van der Waals surface area contributed by atoms with Crippen molar-refractivity contribution in [2.45, 2.75) is 37.3 Å². The standard InChI is InChI=1S/C12H16FNO/c1-11(15)6-7-12(14,8-11)9-4-2-3-5-10(9)13/h2-5,15H,6-8,14H2,1H3. The molecule has 2 atom stereocenters. The first kappa shape index (κ1) is 10.6. The molecule has 2 nitrogen and oxygen atoms in total. The summed E-state index contributed by atoms with van der Waals surface area (Å²) in [5.74, 6) is -0.280. The second kappa shape index (κ2) is 3.29. The molecule has 1 fully saturated rings. The van der Waals surface area contributed by atoms with E-state index in [4.69, 9.17) is 5.73 Å². The van der Waals surface area contributed by atoms with E-state index in [1.807, 2.05) is 0 Å². The maximum absolute atomic E-state index is 13.6. The van der Waals surface area contributed by atoms with Crippen molar-refractivity contribution >= 4 is 0 Å². The fourth-order valence-corrected chi connectivity index (χ4v) is 2.44. The van der Waals surface area contributed by atoms with E-state index < -0.39 is 11.1 Å². The van der Waals surface area contributed by atoms with Crippen molar-refractivity contribution in [2.24, 2.45) is 5.73 Å². The minimum Gasteiger partial charge on any atom is -0.390 e. The highest BCUT2D eigenvalue weighted by atomic mass is 19.1. The number of halogens is 1. The SMILES string of the molecule is CC1(O)CCC(N)(c2ccccc2F)C1. The molecule has 0 amide bonds. The highest BCUT2D eigenvalue weighted by Gasteiger charge is 2.44. The Morgan fingerprint density at radius 3 is 2.53 bits per heavy atom. The van der Waals surface area contributed by atoms with Crippen LogP contribution >= 0.6 is 0 Å². The molecule has 0 aliphatic heterocycles. The molecule has 0 radical (unpaired) electrons. The fraction of sp³-hybridized carbons (Fsp3) is 0.500. The zero-order chi connectivity index (χ0) is 11.1. The molecule has 3 N–H and O–H groups in total. The van der Waals surface area contributed by atoms with Crippen molar-refractivity contribution in [2.75, 3.05) is 0 Å². The quantitative estimate of drug-likeness (QED) is 0.742. The van der Waals surface area contributed by atoms with Crippen LogP contribution in [0.1, 0.15) is 31.7 Å². The molecule has 1 aromatic carbocycles.